The zero-order valence-corrected chi connectivity index (χ0v) is 9.18. The lowest BCUT2D eigenvalue weighted by Gasteiger charge is -2.10. The summed E-state index contributed by atoms with van der Waals surface area (Å²) in [7, 11) is 0. The van der Waals surface area contributed by atoms with Gasteiger partial charge in [-0.25, -0.2) is 0 Å². The molecule has 0 atom stereocenters. The van der Waals surface area contributed by atoms with Gasteiger partial charge in [-0.2, -0.15) is 0 Å². The molecule has 0 aliphatic rings. The molecule has 2 rings (SSSR count). The van der Waals surface area contributed by atoms with E-state index in [1.54, 1.807) is 30.3 Å². The van der Waals surface area contributed by atoms with Crippen LogP contribution >= 0.6 is 0 Å². The van der Waals surface area contributed by atoms with E-state index in [1.807, 2.05) is 12.1 Å². The molecule has 1 amide bonds. The van der Waals surface area contributed by atoms with Crippen LogP contribution in [0.2, 0.25) is 0 Å². The fourth-order valence-corrected chi connectivity index (χ4v) is 1.79. The van der Waals surface area contributed by atoms with E-state index in [2.05, 4.69) is 0 Å². The molecule has 17 heavy (non-hydrogen) atoms. The molecular weight excluding hydrogens is 214 g/mol. The number of hydrogen-bond acceptors (Lipinski definition) is 3. The van der Waals surface area contributed by atoms with Crippen molar-refractivity contribution in [3.63, 3.8) is 0 Å². The van der Waals surface area contributed by atoms with Crippen LogP contribution in [0, 0.1) is 0 Å². The maximum atomic E-state index is 11.4. The Morgan fingerprint density at radius 1 is 1.00 bits per heavy atom. The highest BCUT2D eigenvalue weighted by Crippen LogP contribution is 2.30. The highest BCUT2D eigenvalue weighted by atomic mass is 16.1. The lowest BCUT2D eigenvalue weighted by molar-refractivity contribution is 0.100. The zero-order chi connectivity index (χ0) is 12.4. The second kappa shape index (κ2) is 4.17. The Morgan fingerprint density at radius 3 is 2.35 bits per heavy atom. The number of benzene rings is 2. The number of carbonyl (C=O) groups excluding carboxylic acids is 1. The largest absolute Gasteiger partial charge is 0.399 e. The van der Waals surface area contributed by atoms with Crippen LogP contribution in [0.4, 0.5) is 11.4 Å². The van der Waals surface area contributed by atoms with Gasteiger partial charge >= 0.3 is 0 Å². The van der Waals surface area contributed by atoms with E-state index in [1.165, 1.54) is 0 Å². The zero-order valence-electron chi connectivity index (χ0n) is 9.18. The smallest absolute Gasteiger partial charge is 0.249 e. The highest BCUT2D eigenvalue weighted by Gasteiger charge is 2.12. The topological polar surface area (TPSA) is 95.1 Å². The molecule has 0 bridgehead atoms. The molecule has 0 saturated heterocycles. The van der Waals surface area contributed by atoms with Gasteiger partial charge in [0.1, 0.15) is 0 Å². The molecule has 0 fully saturated rings. The van der Waals surface area contributed by atoms with Crippen molar-refractivity contribution >= 4 is 17.3 Å². The number of anilines is 2. The number of primary amides is 1. The maximum Gasteiger partial charge on any atom is 0.249 e. The molecule has 0 aromatic heterocycles. The fourth-order valence-electron chi connectivity index (χ4n) is 1.79. The number of nitrogen functional groups attached to an aromatic ring is 2. The van der Waals surface area contributed by atoms with Crippen molar-refractivity contribution in [2.45, 2.75) is 0 Å². The lowest BCUT2D eigenvalue weighted by atomic mass is 9.97. The number of nitrogens with two attached hydrogens (primary N) is 3. The van der Waals surface area contributed by atoms with Crippen LogP contribution in [0.1, 0.15) is 10.4 Å². The number of amides is 1. The molecule has 4 heteroatoms. The van der Waals surface area contributed by atoms with Gasteiger partial charge in [0.25, 0.3) is 0 Å². The van der Waals surface area contributed by atoms with Gasteiger partial charge in [-0.3, -0.25) is 4.79 Å². The minimum atomic E-state index is -0.505. The van der Waals surface area contributed by atoms with Gasteiger partial charge in [0.05, 0.1) is 0 Å². The van der Waals surface area contributed by atoms with Crippen molar-refractivity contribution in [3.05, 3.63) is 48.0 Å². The molecule has 2 aromatic carbocycles. The predicted octanol–water partition coefficient (Wildman–Crippen LogP) is 1.62. The summed E-state index contributed by atoms with van der Waals surface area (Å²) in [5, 5.41) is 0. The third kappa shape index (κ3) is 2.06. The minimum Gasteiger partial charge on any atom is -0.399 e. The Bertz CT molecular complexity index is 579. The summed E-state index contributed by atoms with van der Waals surface area (Å²) < 4.78 is 0. The van der Waals surface area contributed by atoms with Gasteiger partial charge in [-0.1, -0.05) is 18.2 Å². The molecule has 0 spiro atoms. The lowest BCUT2D eigenvalue weighted by Crippen LogP contribution is -2.13. The predicted molar refractivity (Wildman–Crippen MR) is 69.2 cm³/mol. The van der Waals surface area contributed by atoms with E-state index in [9.17, 15) is 4.79 Å². The molecule has 86 valence electrons. The third-order valence-electron chi connectivity index (χ3n) is 2.54. The van der Waals surface area contributed by atoms with Crippen molar-refractivity contribution in [3.8, 4) is 11.1 Å². The van der Waals surface area contributed by atoms with Crippen molar-refractivity contribution < 1.29 is 4.79 Å². The summed E-state index contributed by atoms with van der Waals surface area (Å²) in [5.41, 5.74) is 19.9. The first-order valence-electron chi connectivity index (χ1n) is 5.14. The minimum absolute atomic E-state index is 0.399. The second-order valence-corrected chi connectivity index (χ2v) is 3.76. The Kier molecular flexibility index (Phi) is 2.70. The van der Waals surface area contributed by atoms with Crippen LogP contribution in [-0.4, -0.2) is 5.91 Å². The molecule has 0 aliphatic carbocycles. The normalized spacial score (nSPS) is 10.1. The number of carbonyl (C=O) groups is 1. The average Bonchev–Trinajstić information content (AvgIpc) is 2.28. The van der Waals surface area contributed by atoms with Gasteiger partial charge in [0, 0.05) is 22.5 Å². The van der Waals surface area contributed by atoms with Crippen molar-refractivity contribution in [1.29, 1.82) is 0 Å². The molecular formula is C13H13N3O. The highest BCUT2D eigenvalue weighted by molar-refractivity contribution is 6.03. The Hall–Kier alpha value is -2.49. The van der Waals surface area contributed by atoms with E-state index < -0.39 is 5.91 Å². The third-order valence-corrected chi connectivity index (χ3v) is 2.54. The van der Waals surface area contributed by atoms with Crippen LogP contribution in [0.15, 0.2) is 42.5 Å². The average molecular weight is 227 g/mol. The summed E-state index contributed by atoms with van der Waals surface area (Å²) in [5.74, 6) is -0.505. The van der Waals surface area contributed by atoms with Gasteiger partial charge in [-0.05, 0) is 29.8 Å². The number of rotatable bonds is 2. The monoisotopic (exact) mass is 227 g/mol. The van der Waals surface area contributed by atoms with Crippen molar-refractivity contribution in [2.24, 2.45) is 5.73 Å². The Labute approximate surface area is 99.0 Å². The van der Waals surface area contributed by atoms with Crippen LogP contribution in [-0.2, 0) is 0 Å². The van der Waals surface area contributed by atoms with E-state index >= 15 is 0 Å². The van der Waals surface area contributed by atoms with Crippen molar-refractivity contribution in [2.75, 3.05) is 11.5 Å². The summed E-state index contributed by atoms with van der Waals surface area (Å²) >= 11 is 0. The molecule has 0 unspecified atom stereocenters. The fraction of sp³-hybridized carbons (Fsp3) is 0. The van der Waals surface area contributed by atoms with E-state index in [0.29, 0.717) is 22.5 Å². The van der Waals surface area contributed by atoms with Crippen LogP contribution in [0.5, 0.6) is 0 Å². The molecule has 2 aromatic rings. The van der Waals surface area contributed by atoms with Gasteiger partial charge < -0.3 is 17.2 Å². The van der Waals surface area contributed by atoms with E-state index in [4.69, 9.17) is 17.2 Å². The second-order valence-electron chi connectivity index (χ2n) is 3.76. The van der Waals surface area contributed by atoms with Crippen LogP contribution < -0.4 is 17.2 Å². The van der Waals surface area contributed by atoms with Gasteiger partial charge in [-0.15, -0.1) is 0 Å². The summed E-state index contributed by atoms with van der Waals surface area (Å²) in [6.45, 7) is 0. The first-order valence-corrected chi connectivity index (χ1v) is 5.14. The Balaban J connectivity index is 2.70. The summed E-state index contributed by atoms with van der Waals surface area (Å²) in [6, 6.07) is 12.3. The standard InChI is InChI=1S/C13H13N3O/c14-9-4-1-3-8(7-9)12-10(13(16)17)5-2-6-11(12)15/h1-7H,14-15H2,(H2,16,17). The maximum absolute atomic E-state index is 11.4. The van der Waals surface area contributed by atoms with Crippen LogP contribution in [0.3, 0.4) is 0 Å². The number of hydrogen-bond donors (Lipinski definition) is 3. The molecule has 0 aliphatic heterocycles. The van der Waals surface area contributed by atoms with Crippen LogP contribution in [0.25, 0.3) is 11.1 Å². The first kappa shape index (κ1) is 11.0. The first-order chi connectivity index (χ1) is 8.09. The van der Waals surface area contributed by atoms with E-state index in [0.717, 1.165) is 5.56 Å². The molecule has 4 nitrogen and oxygen atoms in total. The molecule has 0 radical (unpaired) electrons. The quantitative estimate of drug-likeness (QED) is 0.680. The molecule has 0 heterocycles. The Morgan fingerprint density at radius 2 is 1.71 bits per heavy atom. The van der Waals surface area contributed by atoms with Gasteiger partial charge in [0.2, 0.25) is 5.91 Å². The molecule has 6 N–H and O–H groups in total. The molecule has 0 saturated carbocycles. The SMILES string of the molecule is NC(=O)c1cccc(N)c1-c1cccc(N)c1. The van der Waals surface area contributed by atoms with Gasteiger partial charge in [0.15, 0.2) is 0 Å². The summed E-state index contributed by atoms with van der Waals surface area (Å²) in [4.78, 5) is 11.4. The van der Waals surface area contributed by atoms with Crippen molar-refractivity contribution in [1.82, 2.24) is 0 Å². The summed E-state index contributed by atoms with van der Waals surface area (Å²) in [6.07, 6.45) is 0. The van der Waals surface area contributed by atoms with E-state index in [-0.39, 0.29) is 0 Å².